The molecule has 4 heteroatoms. The van der Waals surface area contributed by atoms with Gasteiger partial charge in [0.1, 0.15) is 0 Å². The molecule has 2 unspecified atom stereocenters. The van der Waals surface area contributed by atoms with Crippen LogP contribution >= 0.6 is 11.6 Å². The second kappa shape index (κ2) is 6.76. The lowest BCUT2D eigenvalue weighted by atomic mass is 10.1. The highest BCUT2D eigenvalue weighted by atomic mass is 35.5. The Balaban J connectivity index is 2.62. The summed E-state index contributed by atoms with van der Waals surface area (Å²) in [6.45, 7) is 3.67. The van der Waals surface area contributed by atoms with Crippen LogP contribution < -0.4 is 0 Å². The Morgan fingerprint density at radius 3 is 2.39 bits per heavy atom. The quantitative estimate of drug-likeness (QED) is 0.893. The number of nitrogens with zero attached hydrogens (tertiary/aromatic N) is 1. The fraction of sp³-hybridized carbons (Fsp3) is 0.500. The highest BCUT2D eigenvalue weighted by Gasteiger charge is 2.17. The van der Waals surface area contributed by atoms with Gasteiger partial charge in [-0.1, -0.05) is 23.7 Å². The van der Waals surface area contributed by atoms with E-state index in [9.17, 15) is 9.90 Å². The largest absolute Gasteiger partial charge is 0.393 e. The van der Waals surface area contributed by atoms with Crippen molar-refractivity contribution in [3.05, 3.63) is 34.9 Å². The minimum Gasteiger partial charge on any atom is -0.393 e. The van der Waals surface area contributed by atoms with Crippen LogP contribution in [0.2, 0.25) is 5.02 Å². The van der Waals surface area contributed by atoms with Crippen molar-refractivity contribution in [3.63, 3.8) is 0 Å². The Morgan fingerprint density at radius 1 is 1.33 bits per heavy atom. The Morgan fingerprint density at radius 2 is 1.89 bits per heavy atom. The molecule has 1 N–H and O–H groups in total. The van der Waals surface area contributed by atoms with Crippen LogP contribution in [0.25, 0.3) is 0 Å². The number of carbonyl (C=O) groups excluding carboxylic acids is 1. The number of hydrogen-bond donors (Lipinski definition) is 1. The fourth-order valence-electron chi connectivity index (χ4n) is 1.69. The molecule has 1 aromatic rings. The van der Waals surface area contributed by atoms with Crippen LogP contribution in [0.1, 0.15) is 38.3 Å². The SMILES string of the molecule is CC(O)CCC(=O)N(C)C(C)c1ccc(Cl)cc1. The molecule has 1 aromatic carbocycles. The highest BCUT2D eigenvalue weighted by Crippen LogP contribution is 2.21. The molecule has 1 amide bonds. The summed E-state index contributed by atoms with van der Waals surface area (Å²) >= 11 is 5.83. The van der Waals surface area contributed by atoms with Crippen LogP contribution in [-0.4, -0.2) is 29.1 Å². The molecule has 0 heterocycles. The molecule has 3 nitrogen and oxygen atoms in total. The summed E-state index contributed by atoms with van der Waals surface area (Å²) in [6, 6.07) is 7.49. The van der Waals surface area contributed by atoms with Gasteiger partial charge in [0.15, 0.2) is 0 Å². The van der Waals surface area contributed by atoms with Crippen molar-refractivity contribution >= 4 is 17.5 Å². The van der Waals surface area contributed by atoms with E-state index in [-0.39, 0.29) is 11.9 Å². The number of carbonyl (C=O) groups is 1. The summed E-state index contributed by atoms with van der Waals surface area (Å²) in [5, 5.41) is 9.87. The third-order valence-electron chi connectivity index (χ3n) is 3.10. The highest BCUT2D eigenvalue weighted by molar-refractivity contribution is 6.30. The van der Waals surface area contributed by atoms with E-state index >= 15 is 0 Å². The van der Waals surface area contributed by atoms with E-state index in [4.69, 9.17) is 11.6 Å². The first kappa shape index (κ1) is 15.0. The molecule has 0 aliphatic heterocycles. The molecular formula is C14H20ClNO2. The molecule has 0 radical (unpaired) electrons. The zero-order valence-corrected chi connectivity index (χ0v) is 11.8. The minimum absolute atomic E-state index is 0.00349. The van der Waals surface area contributed by atoms with Crippen LogP contribution in [0.4, 0.5) is 0 Å². The average molecular weight is 270 g/mol. The number of benzene rings is 1. The van der Waals surface area contributed by atoms with Gasteiger partial charge in [-0.2, -0.15) is 0 Å². The minimum atomic E-state index is -0.437. The third-order valence-corrected chi connectivity index (χ3v) is 3.35. The fourth-order valence-corrected chi connectivity index (χ4v) is 1.82. The van der Waals surface area contributed by atoms with Gasteiger partial charge in [-0.05, 0) is 38.0 Å². The number of amides is 1. The number of rotatable bonds is 5. The van der Waals surface area contributed by atoms with Gasteiger partial charge in [-0.15, -0.1) is 0 Å². The second-order valence-corrected chi connectivity index (χ2v) is 5.06. The van der Waals surface area contributed by atoms with E-state index in [1.54, 1.807) is 18.9 Å². The topological polar surface area (TPSA) is 40.5 Å². The summed E-state index contributed by atoms with van der Waals surface area (Å²) in [4.78, 5) is 13.6. The van der Waals surface area contributed by atoms with Crippen molar-refractivity contribution in [3.8, 4) is 0 Å². The molecule has 18 heavy (non-hydrogen) atoms. The smallest absolute Gasteiger partial charge is 0.222 e. The molecule has 1 rings (SSSR count). The standard InChI is InChI=1S/C14H20ClNO2/c1-10(17)4-9-14(18)16(3)11(2)12-5-7-13(15)8-6-12/h5-8,10-11,17H,4,9H2,1-3H3. The van der Waals surface area contributed by atoms with Crippen LogP contribution in [-0.2, 0) is 4.79 Å². The van der Waals surface area contributed by atoms with Gasteiger partial charge < -0.3 is 10.0 Å². The van der Waals surface area contributed by atoms with E-state index in [0.29, 0.717) is 17.9 Å². The zero-order valence-electron chi connectivity index (χ0n) is 11.1. The lowest BCUT2D eigenvalue weighted by Crippen LogP contribution is -2.30. The maximum Gasteiger partial charge on any atom is 0.222 e. The molecule has 0 saturated carbocycles. The normalized spacial score (nSPS) is 14.1. The lowest BCUT2D eigenvalue weighted by Gasteiger charge is -2.25. The summed E-state index contributed by atoms with van der Waals surface area (Å²) in [5.41, 5.74) is 1.05. The maximum atomic E-state index is 11.9. The second-order valence-electron chi connectivity index (χ2n) is 4.62. The molecule has 0 aliphatic rings. The molecule has 0 saturated heterocycles. The van der Waals surface area contributed by atoms with Crippen molar-refractivity contribution in [2.24, 2.45) is 0 Å². The molecule has 0 bridgehead atoms. The van der Waals surface area contributed by atoms with E-state index in [2.05, 4.69) is 0 Å². The van der Waals surface area contributed by atoms with Gasteiger partial charge in [0, 0.05) is 18.5 Å². The summed E-state index contributed by atoms with van der Waals surface area (Å²) in [6.07, 6.45) is 0.427. The van der Waals surface area contributed by atoms with Gasteiger partial charge in [-0.3, -0.25) is 4.79 Å². The van der Waals surface area contributed by atoms with Crippen LogP contribution in [0.5, 0.6) is 0 Å². The summed E-state index contributed by atoms with van der Waals surface area (Å²) in [7, 11) is 1.78. The van der Waals surface area contributed by atoms with Crippen molar-refractivity contribution in [1.29, 1.82) is 0 Å². The van der Waals surface area contributed by atoms with Gasteiger partial charge >= 0.3 is 0 Å². The average Bonchev–Trinajstić information content (AvgIpc) is 2.35. The molecule has 0 aromatic heterocycles. The first-order chi connectivity index (χ1) is 8.41. The van der Waals surface area contributed by atoms with E-state index in [0.717, 1.165) is 5.56 Å². The monoisotopic (exact) mass is 269 g/mol. The molecular weight excluding hydrogens is 250 g/mol. The van der Waals surface area contributed by atoms with Crippen molar-refractivity contribution in [2.45, 2.75) is 38.8 Å². The number of aliphatic hydroxyl groups excluding tert-OH is 1. The zero-order chi connectivity index (χ0) is 13.7. The molecule has 2 atom stereocenters. The van der Waals surface area contributed by atoms with Crippen molar-refractivity contribution in [1.82, 2.24) is 4.90 Å². The first-order valence-electron chi connectivity index (χ1n) is 6.11. The van der Waals surface area contributed by atoms with Gasteiger partial charge in [0.05, 0.1) is 12.1 Å². The van der Waals surface area contributed by atoms with Crippen LogP contribution in [0.3, 0.4) is 0 Å². The third kappa shape index (κ3) is 4.31. The number of hydrogen-bond acceptors (Lipinski definition) is 2. The van der Waals surface area contributed by atoms with Crippen LogP contribution in [0, 0.1) is 0 Å². The van der Waals surface area contributed by atoms with Gasteiger partial charge in [0.25, 0.3) is 0 Å². The molecule has 0 aliphatic carbocycles. The number of halogens is 1. The predicted molar refractivity (Wildman–Crippen MR) is 73.6 cm³/mol. The van der Waals surface area contributed by atoms with E-state index < -0.39 is 6.10 Å². The van der Waals surface area contributed by atoms with Crippen LogP contribution in [0.15, 0.2) is 24.3 Å². The van der Waals surface area contributed by atoms with E-state index in [1.165, 1.54) is 0 Å². The van der Waals surface area contributed by atoms with Gasteiger partial charge in [-0.25, -0.2) is 0 Å². The summed E-state index contributed by atoms with van der Waals surface area (Å²) < 4.78 is 0. The molecule has 100 valence electrons. The predicted octanol–water partition coefficient (Wildman–Crippen LogP) is 3.02. The Labute approximate surface area is 113 Å². The molecule has 0 fully saturated rings. The van der Waals surface area contributed by atoms with Gasteiger partial charge in [0.2, 0.25) is 5.91 Å². The maximum absolute atomic E-state index is 11.9. The Bertz CT molecular complexity index is 389. The summed E-state index contributed by atoms with van der Waals surface area (Å²) in [5.74, 6) is 0.0401. The van der Waals surface area contributed by atoms with E-state index in [1.807, 2.05) is 31.2 Å². The lowest BCUT2D eigenvalue weighted by molar-refractivity contribution is -0.132. The Kier molecular flexibility index (Phi) is 5.63. The Hall–Kier alpha value is -1.06. The molecule has 0 spiro atoms. The van der Waals surface area contributed by atoms with Crippen molar-refractivity contribution < 1.29 is 9.90 Å². The first-order valence-corrected chi connectivity index (χ1v) is 6.48. The number of aliphatic hydroxyl groups is 1. The van der Waals surface area contributed by atoms with Crippen molar-refractivity contribution in [2.75, 3.05) is 7.05 Å².